The third kappa shape index (κ3) is 5.33. The number of anilines is 2. The zero-order chi connectivity index (χ0) is 23.2. The number of carbonyl (C=O) groups is 1. The van der Waals surface area contributed by atoms with Crippen LogP contribution in [0.15, 0.2) is 72.8 Å². The van der Waals surface area contributed by atoms with Gasteiger partial charge in [0.25, 0.3) is 0 Å². The lowest BCUT2D eigenvalue weighted by atomic mass is 9.94. The summed E-state index contributed by atoms with van der Waals surface area (Å²) < 4.78 is 0. The summed E-state index contributed by atoms with van der Waals surface area (Å²) in [4.78, 5) is 10.9. The number of carboxylic acid groups (broad SMARTS) is 1. The Kier molecular flexibility index (Phi) is 6.92. The molecule has 3 aromatic carbocycles. The van der Waals surface area contributed by atoms with Crippen LogP contribution < -0.4 is 16.0 Å². The highest BCUT2D eigenvalue weighted by Crippen LogP contribution is 2.33. The second-order valence-corrected chi connectivity index (χ2v) is 8.48. The zero-order valence-electron chi connectivity index (χ0n) is 18.6. The largest absolute Gasteiger partial charge is 0.481 e. The van der Waals surface area contributed by atoms with Gasteiger partial charge in [0.2, 0.25) is 0 Å². The summed E-state index contributed by atoms with van der Waals surface area (Å²) in [6, 6.07) is 26.2. The molecule has 0 saturated heterocycles. The Morgan fingerprint density at radius 3 is 2.55 bits per heavy atom. The van der Waals surface area contributed by atoms with E-state index in [0.717, 1.165) is 35.6 Å². The van der Waals surface area contributed by atoms with Gasteiger partial charge in [0.15, 0.2) is 0 Å². The number of benzene rings is 3. The molecule has 0 saturated carbocycles. The van der Waals surface area contributed by atoms with E-state index in [1.807, 2.05) is 60.7 Å². The normalized spacial score (nSPS) is 16.4. The van der Waals surface area contributed by atoms with Gasteiger partial charge in [-0.25, -0.2) is 0 Å². The molecule has 4 N–H and O–H groups in total. The average Bonchev–Trinajstić information content (AvgIpc) is 2.84. The molecule has 3 atom stereocenters. The molecule has 1 aliphatic rings. The lowest BCUT2D eigenvalue weighted by molar-refractivity contribution is -0.136. The molecule has 168 valence electrons. The Balaban J connectivity index is 1.50. The van der Waals surface area contributed by atoms with Crippen molar-refractivity contribution in [2.75, 3.05) is 23.7 Å². The monoisotopic (exact) mass is 440 g/mol. The predicted octanol–water partition coefficient (Wildman–Crippen LogP) is 4.53. The van der Waals surface area contributed by atoms with Gasteiger partial charge >= 0.3 is 5.97 Å². The van der Waals surface area contributed by atoms with Gasteiger partial charge in [-0.05, 0) is 34.7 Å². The van der Waals surface area contributed by atoms with E-state index in [-0.39, 0.29) is 24.4 Å². The third-order valence-electron chi connectivity index (χ3n) is 6.14. The zero-order valence-corrected chi connectivity index (χ0v) is 18.6. The topological polar surface area (TPSA) is 97.2 Å². The number of rotatable bonds is 8. The Bertz CT molecular complexity index is 1140. The SMILES string of the molecule is C[C@@H](CN[C@H](c1ccccc1)[C@H]1CNc2cccc(C#N)c2N1)c1ccc(CC(=O)O)cc1. The lowest BCUT2D eigenvalue weighted by Crippen LogP contribution is -2.45. The second-order valence-electron chi connectivity index (χ2n) is 8.48. The maximum absolute atomic E-state index is 10.9. The van der Waals surface area contributed by atoms with Gasteiger partial charge in [0, 0.05) is 13.1 Å². The maximum atomic E-state index is 10.9. The van der Waals surface area contributed by atoms with Crippen LogP contribution in [-0.4, -0.2) is 30.2 Å². The molecule has 0 aromatic heterocycles. The summed E-state index contributed by atoms with van der Waals surface area (Å²) in [5.41, 5.74) is 5.58. The summed E-state index contributed by atoms with van der Waals surface area (Å²) in [5, 5.41) is 29.3. The third-order valence-corrected chi connectivity index (χ3v) is 6.14. The number of aliphatic carboxylic acids is 1. The fourth-order valence-electron chi connectivity index (χ4n) is 4.32. The van der Waals surface area contributed by atoms with Crippen molar-refractivity contribution >= 4 is 17.3 Å². The Hall–Kier alpha value is -3.82. The first-order chi connectivity index (χ1) is 16.0. The molecular weight excluding hydrogens is 412 g/mol. The van der Waals surface area contributed by atoms with Crippen LogP contribution in [0.4, 0.5) is 11.4 Å². The first-order valence-electron chi connectivity index (χ1n) is 11.2. The highest BCUT2D eigenvalue weighted by atomic mass is 16.4. The fourth-order valence-corrected chi connectivity index (χ4v) is 4.32. The number of para-hydroxylation sites is 1. The van der Waals surface area contributed by atoms with Gasteiger partial charge in [-0.15, -0.1) is 0 Å². The van der Waals surface area contributed by atoms with E-state index in [9.17, 15) is 10.1 Å². The Morgan fingerprint density at radius 2 is 1.85 bits per heavy atom. The molecular formula is C27H28N4O2. The van der Waals surface area contributed by atoms with Crippen LogP contribution in [0.2, 0.25) is 0 Å². The Labute approximate surface area is 194 Å². The summed E-state index contributed by atoms with van der Waals surface area (Å²) in [7, 11) is 0. The molecule has 0 spiro atoms. The summed E-state index contributed by atoms with van der Waals surface area (Å²) >= 11 is 0. The summed E-state index contributed by atoms with van der Waals surface area (Å²) in [5.74, 6) is -0.577. The summed E-state index contributed by atoms with van der Waals surface area (Å²) in [6.07, 6.45) is 0.0372. The number of fused-ring (bicyclic) bond motifs is 1. The van der Waals surface area contributed by atoms with Crippen LogP contribution in [0.3, 0.4) is 0 Å². The van der Waals surface area contributed by atoms with Crippen LogP contribution >= 0.6 is 0 Å². The van der Waals surface area contributed by atoms with Gasteiger partial charge < -0.3 is 21.1 Å². The van der Waals surface area contributed by atoms with E-state index in [1.165, 1.54) is 5.56 Å². The highest BCUT2D eigenvalue weighted by Gasteiger charge is 2.28. The van der Waals surface area contributed by atoms with Gasteiger partial charge in [0.05, 0.1) is 35.4 Å². The van der Waals surface area contributed by atoms with Crippen molar-refractivity contribution in [3.8, 4) is 6.07 Å². The fraction of sp³-hybridized carbons (Fsp3) is 0.259. The minimum absolute atomic E-state index is 0.0346. The van der Waals surface area contributed by atoms with Gasteiger partial charge in [-0.3, -0.25) is 4.79 Å². The molecule has 0 amide bonds. The number of nitriles is 1. The van der Waals surface area contributed by atoms with Crippen LogP contribution in [0.5, 0.6) is 0 Å². The van der Waals surface area contributed by atoms with Crippen molar-refractivity contribution in [3.05, 3.63) is 95.1 Å². The number of hydrogen-bond donors (Lipinski definition) is 4. The van der Waals surface area contributed by atoms with Crippen LogP contribution in [0, 0.1) is 11.3 Å². The molecule has 0 radical (unpaired) electrons. The lowest BCUT2D eigenvalue weighted by Gasteiger charge is -2.36. The van der Waals surface area contributed by atoms with Gasteiger partial charge in [-0.1, -0.05) is 67.6 Å². The number of nitrogens with zero attached hydrogens (tertiary/aromatic N) is 1. The molecule has 1 aliphatic heterocycles. The van der Waals surface area contributed by atoms with Crippen molar-refractivity contribution in [3.63, 3.8) is 0 Å². The number of carboxylic acids is 1. The van der Waals surface area contributed by atoms with Crippen molar-refractivity contribution in [2.24, 2.45) is 0 Å². The molecule has 1 heterocycles. The molecule has 0 bridgehead atoms. The van der Waals surface area contributed by atoms with E-state index in [0.29, 0.717) is 5.56 Å². The van der Waals surface area contributed by atoms with Crippen molar-refractivity contribution < 1.29 is 9.90 Å². The Morgan fingerprint density at radius 1 is 1.09 bits per heavy atom. The van der Waals surface area contributed by atoms with Crippen LogP contribution in [0.1, 0.15) is 41.1 Å². The molecule has 0 unspecified atom stereocenters. The summed E-state index contributed by atoms with van der Waals surface area (Å²) in [6.45, 7) is 3.65. The standard InChI is InChI=1S/C27H28N4O2/c1-18(20-12-10-19(11-13-20)14-25(32)33)16-30-26(21-6-3-2-4-7-21)24-17-29-23-9-5-8-22(15-28)27(23)31-24/h2-13,18,24,26,29-31H,14,16-17H2,1H3,(H,32,33)/t18-,24+,26+/m0/s1. The highest BCUT2D eigenvalue weighted by molar-refractivity contribution is 5.77. The molecule has 4 rings (SSSR count). The first-order valence-corrected chi connectivity index (χ1v) is 11.2. The van der Waals surface area contributed by atoms with Crippen molar-refractivity contribution in [1.29, 1.82) is 5.26 Å². The average molecular weight is 441 g/mol. The maximum Gasteiger partial charge on any atom is 0.307 e. The molecule has 0 aliphatic carbocycles. The van der Waals surface area contributed by atoms with Gasteiger partial charge in [-0.2, -0.15) is 5.26 Å². The smallest absolute Gasteiger partial charge is 0.307 e. The van der Waals surface area contributed by atoms with Crippen molar-refractivity contribution in [2.45, 2.75) is 31.3 Å². The molecule has 6 nitrogen and oxygen atoms in total. The molecule has 3 aromatic rings. The minimum Gasteiger partial charge on any atom is -0.481 e. The van der Waals surface area contributed by atoms with E-state index in [2.05, 4.69) is 41.1 Å². The van der Waals surface area contributed by atoms with Crippen molar-refractivity contribution in [1.82, 2.24) is 5.32 Å². The molecule has 6 heteroatoms. The van der Waals surface area contributed by atoms with E-state index in [4.69, 9.17) is 5.11 Å². The minimum atomic E-state index is -0.821. The number of hydrogen-bond acceptors (Lipinski definition) is 5. The quantitative estimate of drug-likeness (QED) is 0.411. The van der Waals surface area contributed by atoms with E-state index >= 15 is 0 Å². The van der Waals surface area contributed by atoms with E-state index in [1.54, 1.807) is 0 Å². The predicted molar refractivity (Wildman–Crippen MR) is 130 cm³/mol. The van der Waals surface area contributed by atoms with E-state index < -0.39 is 5.97 Å². The second kappa shape index (κ2) is 10.2. The van der Waals surface area contributed by atoms with Gasteiger partial charge in [0.1, 0.15) is 6.07 Å². The number of nitrogens with one attached hydrogen (secondary N) is 3. The van der Waals surface area contributed by atoms with Crippen LogP contribution in [0.25, 0.3) is 0 Å². The first kappa shape index (κ1) is 22.4. The molecule has 33 heavy (non-hydrogen) atoms. The molecule has 0 fully saturated rings. The van der Waals surface area contributed by atoms with Crippen LogP contribution in [-0.2, 0) is 11.2 Å².